The lowest BCUT2D eigenvalue weighted by molar-refractivity contribution is 0.244. The zero-order valence-corrected chi connectivity index (χ0v) is 12.4. The summed E-state index contributed by atoms with van der Waals surface area (Å²) in [7, 11) is 0. The minimum Gasteiger partial charge on any atom is -0.505 e. The molecule has 0 spiro atoms. The summed E-state index contributed by atoms with van der Waals surface area (Å²) >= 11 is 23.2. The Bertz CT molecular complexity index is 557. The maximum absolute atomic E-state index is 9.47. The van der Waals surface area contributed by atoms with E-state index in [1.54, 1.807) is 0 Å². The summed E-state index contributed by atoms with van der Waals surface area (Å²) in [6, 6.07) is 2.85. The molecule has 1 aromatic rings. The summed E-state index contributed by atoms with van der Waals surface area (Å²) in [5.41, 5.74) is 0. The van der Waals surface area contributed by atoms with Crippen LogP contribution in [-0.2, 0) is 0 Å². The van der Waals surface area contributed by atoms with Crippen molar-refractivity contribution in [1.82, 2.24) is 0 Å². The molecule has 0 saturated heterocycles. The SMILES string of the molecule is OC1=C(Cl)CC(Oc2cc(Cl)c(O)c(Cl)c2)C=C1Cl. The molecule has 0 heterocycles. The highest BCUT2D eigenvalue weighted by molar-refractivity contribution is 6.37. The number of aliphatic hydroxyl groups excluding tert-OH is 1. The predicted octanol–water partition coefficient (Wildman–Crippen LogP) is 4.98. The zero-order valence-electron chi connectivity index (χ0n) is 9.33. The molecule has 0 saturated carbocycles. The molecule has 1 unspecified atom stereocenters. The van der Waals surface area contributed by atoms with E-state index in [1.807, 2.05) is 0 Å². The Morgan fingerprint density at radius 3 is 2.16 bits per heavy atom. The van der Waals surface area contributed by atoms with Crippen LogP contribution in [-0.4, -0.2) is 16.3 Å². The molecule has 3 nitrogen and oxygen atoms in total. The molecule has 2 N–H and O–H groups in total. The van der Waals surface area contributed by atoms with Gasteiger partial charge >= 0.3 is 0 Å². The van der Waals surface area contributed by atoms with E-state index >= 15 is 0 Å². The highest BCUT2D eigenvalue weighted by atomic mass is 35.5. The summed E-state index contributed by atoms with van der Waals surface area (Å²) in [5.74, 6) is 0.0119. The fourth-order valence-electron chi connectivity index (χ4n) is 1.56. The van der Waals surface area contributed by atoms with Gasteiger partial charge in [-0.1, -0.05) is 46.4 Å². The van der Waals surface area contributed by atoms with Gasteiger partial charge in [-0.3, -0.25) is 0 Å². The summed E-state index contributed by atoms with van der Waals surface area (Å²) in [6.45, 7) is 0. The van der Waals surface area contributed by atoms with Gasteiger partial charge in [-0.15, -0.1) is 0 Å². The van der Waals surface area contributed by atoms with Gasteiger partial charge in [0.1, 0.15) is 17.6 Å². The number of hydrogen-bond acceptors (Lipinski definition) is 3. The second kappa shape index (κ2) is 5.71. The third-order valence-electron chi connectivity index (χ3n) is 2.47. The first kappa shape index (κ1) is 14.7. The molecule has 1 aliphatic rings. The van der Waals surface area contributed by atoms with Gasteiger partial charge in [0.25, 0.3) is 0 Å². The van der Waals surface area contributed by atoms with Gasteiger partial charge in [0.2, 0.25) is 0 Å². The number of aromatic hydroxyl groups is 1. The van der Waals surface area contributed by atoms with Crippen LogP contribution in [0.5, 0.6) is 11.5 Å². The van der Waals surface area contributed by atoms with E-state index in [0.29, 0.717) is 5.75 Å². The number of allylic oxidation sites excluding steroid dienone is 1. The van der Waals surface area contributed by atoms with Crippen LogP contribution in [0.3, 0.4) is 0 Å². The topological polar surface area (TPSA) is 49.7 Å². The maximum atomic E-state index is 9.47. The number of aliphatic hydroxyl groups is 1. The number of halogens is 4. The molecule has 0 aliphatic heterocycles. The Morgan fingerprint density at radius 2 is 1.63 bits per heavy atom. The van der Waals surface area contributed by atoms with E-state index in [1.165, 1.54) is 18.2 Å². The summed E-state index contributed by atoms with van der Waals surface area (Å²) < 4.78 is 5.59. The van der Waals surface area contributed by atoms with Crippen LogP contribution in [0.4, 0.5) is 0 Å². The minimum absolute atomic E-state index is 0.0814. The lowest BCUT2D eigenvalue weighted by atomic mass is 10.1. The summed E-state index contributed by atoms with van der Waals surface area (Å²) in [4.78, 5) is 0. The van der Waals surface area contributed by atoms with Gasteiger partial charge in [0, 0.05) is 18.6 Å². The molecule has 0 fully saturated rings. The molecule has 1 atom stereocenters. The normalized spacial score (nSPS) is 19.4. The average Bonchev–Trinajstić information content (AvgIpc) is 2.33. The largest absolute Gasteiger partial charge is 0.505 e. The molecule has 0 bridgehead atoms. The highest BCUT2D eigenvalue weighted by Crippen LogP contribution is 2.37. The lowest BCUT2D eigenvalue weighted by Gasteiger charge is -2.20. The number of hydrogen-bond donors (Lipinski definition) is 2. The molecule has 7 heteroatoms. The Kier molecular flexibility index (Phi) is 4.41. The first-order chi connectivity index (χ1) is 8.88. The van der Waals surface area contributed by atoms with Crippen molar-refractivity contribution >= 4 is 46.4 Å². The summed E-state index contributed by atoms with van der Waals surface area (Å²) in [5, 5.41) is 19.4. The molecular formula is C12H8Cl4O3. The monoisotopic (exact) mass is 340 g/mol. The van der Waals surface area contributed by atoms with Crippen molar-refractivity contribution in [2.75, 3.05) is 0 Å². The van der Waals surface area contributed by atoms with Crippen molar-refractivity contribution < 1.29 is 14.9 Å². The first-order valence-corrected chi connectivity index (χ1v) is 6.69. The second-order valence-corrected chi connectivity index (χ2v) is 5.54. The number of phenols is 1. The van der Waals surface area contributed by atoms with E-state index in [4.69, 9.17) is 51.1 Å². The molecule has 0 amide bonds. The van der Waals surface area contributed by atoms with E-state index < -0.39 is 6.10 Å². The van der Waals surface area contributed by atoms with Gasteiger partial charge < -0.3 is 14.9 Å². The van der Waals surface area contributed by atoms with Gasteiger partial charge in [-0.2, -0.15) is 0 Å². The third-order valence-corrected chi connectivity index (χ3v) is 3.69. The molecule has 1 aromatic carbocycles. The molecule has 0 aromatic heterocycles. The second-order valence-electron chi connectivity index (χ2n) is 3.86. The standard InChI is InChI=1S/C12H8Cl4O3/c13-7-1-5(2-8(14)11(7)17)19-6-3-9(15)12(18)10(16)4-6/h1-3,6,17-18H,4H2. The Hall–Kier alpha value is -0.740. The van der Waals surface area contributed by atoms with Crippen molar-refractivity contribution in [2.24, 2.45) is 0 Å². The first-order valence-electron chi connectivity index (χ1n) is 5.18. The van der Waals surface area contributed by atoms with Crippen LogP contribution in [0.1, 0.15) is 6.42 Å². The zero-order chi connectivity index (χ0) is 14.2. The maximum Gasteiger partial charge on any atom is 0.153 e. The van der Waals surface area contributed by atoms with Crippen LogP contribution in [0.2, 0.25) is 10.0 Å². The Labute approximate surface area is 129 Å². The third kappa shape index (κ3) is 3.23. The molecule has 19 heavy (non-hydrogen) atoms. The van der Waals surface area contributed by atoms with E-state index in [0.717, 1.165) is 0 Å². The van der Waals surface area contributed by atoms with Gasteiger partial charge in [0.15, 0.2) is 5.75 Å². The van der Waals surface area contributed by atoms with Gasteiger partial charge in [-0.25, -0.2) is 0 Å². The molecular weight excluding hydrogens is 334 g/mol. The molecule has 1 aliphatic carbocycles. The predicted molar refractivity (Wildman–Crippen MR) is 76.6 cm³/mol. The van der Waals surface area contributed by atoms with Crippen LogP contribution in [0.25, 0.3) is 0 Å². The fraction of sp³-hybridized carbons (Fsp3) is 0.167. The fourth-order valence-corrected chi connectivity index (χ4v) is 2.59. The van der Waals surface area contributed by atoms with Crippen LogP contribution < -0.4 is 4.74 Å². The van der Waals surface area contributed by atoms with E-state index in [2.05, 4.69) is 0 Å². The van der Waals surface area contributed by atoms with Crippen molar-refractivity contribution in [3.8, 4) is 11.5 Å². The van der Waals surface area contributed by atoms with Crippen molar-refractivity contribution in [1.29, 1.82) is 0 Å². The average molecular weight is 342 g/mol. The van der Waals surface area contributed by atoms with Crippen LogP contribution in [0.15, 0.2) is 34.0 Å². The van der Waals surface area contributed by atoms with Gasteiger partial charge in [0.05, 0.1) is 20.1 Å². The Balaban J connectivity index is 2.20. The lowest BCUT2D eigenvalue weighted by Crippen LogP contribution is -2.18. The summed E-state index contributed by atoms with van der Waals surface area (Å²) in [6.07, 6.45) is 1.35. The molecule has 102 valence electrons. The Morgan fingerprint density at radius 1 is 1.05 bits per heavy atom. The smallest absolute Gasteiger partial charge is 0.153 e. The number of phenolic OH excluding ortho intramolecular Hbond substituents is 1. The van der Waals surface area contributed by atoms with E-state index in [9.17, 15) is 10.2 Å². The number of benzene rings is 1. The van der Waals surface area contributed by atoms with Crippen molar-refractivity contribution in [3.63, 3.8) is 0 Å². The molecule has 0 radical (unpaired) electrons. The van der Waals surface area contributed by atoms with Crippen molar-refractivity contribution in [2.45, 2.75) is 12.5 Å². The van der Waals surface area contributed by atoms with E-state index in [-0.39, 0.29) is 38.0 Å². The number of ether oxygens (including phenoxy) is 1. The minimum atomic E-state index is -0.451. The number of rotatable bonds is 2. The van der Waals surface area contributed by atoms with Crippen LogP contribution in [0, 0.1) is 0 Å². The molecule has 2 rings (SSSR count). The highest BCUT2D eigenvalue weighted by Gasteiger charge is 2.21. The quantitative estimate of drug-likeness (QED) is 0.797. The van der Waals surface area contributed by atoms with Gasteiger partial charge in [-0.05, 0) is 6.08 Å². The van der Waals surface area contributed by atoms with Crippen LogP contribution >= 0.6 is 46.4 Å². The van der Waals surface area contributed by atoms with Crippen molar-refractivity contribution in [3.05, 3.63) is 44.1 Å².